The molecule has 3 aromatic rings. The van der Waals surface area contributed by atoms with E-state index in [1.165, 1.54) is 5.56 Å². The van der Waals surface area contributed by atoms with Crippen LogP contribution in [-0.2, 0) is 4.79 Å². The molecule has 3 rings (SSSR count). The van der Waals surface area contributed by atoms with Gasteiger partial charge in [0.25, 0.3) is 5.91 Å². The van der Waals surface area contributed by atoms with E-state index in [4.69, 9.17) is 9.84 Å². The lowest BCUT2D eigenvalue weighted by molar-refractivity contribution is -0.136. The molecule has 6 heteroatoms. The molecule has 1 atom stereocenters. The highest BCUT2D eigenvalue weighted by atomic mass is 16.5. The van der Waals surface area contributed by atoms with E-state index >= 15 is 0 Å². The second-order valence-corrected chi connectivity index (χ2v) is 9.71. The van der Waals surface area contributed by atoms with Gasteiger partial charge in [0, 0.05) is 23.7 Å². The van der Waals surface area contributed by atoms with Crippen molar-refractivity contribution < 1.29 is 24.5 Å². The van der Waals surface area contributed by atoms with Crippen LogP contribution < -0.4 is 10.1 Å². The number of rotatable bonds is 11. The third-order valence-corrected chi connectivity index (χ3v) is 5.99. The van der Waals surface area contributed by atoms with Crippen molar-refractivity contribution in [1.29, 1.82) is 0 Å². The van der Waals surface area contributed by atoms with Crippen LogP contribution >= 0.6 is 0 Å². The predicted molar refractivity (Wildman–Crippen MR) is 141 cm³/mol. The molecule has 1 amide bonds. The van der Waals surface area contributed by atoms with Gasteiger partial charge in [-0.05, 0) is 59.2 Å². The number of carboxylic acids is 1. The molecule has 0 fully saturated rings. The fraction of sp³-hybridized carbons (Fsp3) is 0.333. The number of nitrogens with one attached hydrogen (secondary N) is 1. The molecule has 190 valence electrons. The Morgan fingerprint density at radius 2 is 1.53 bits per heavy atom. The van der Waals surface area contributed by atoms with Crippen molar-refractivity contribution in [3.8, 4) is 22.6 Å². The first-order valence-corrected chi connectivity index (χ1v) is 12.3. The lowest BCUT2D eigenvalue weighted by Crippen LogP contribution is -2.26. The number of aliphatic carboxylic acids is 1. The van der Waals surface area contributed by atoms with E-state index in [1.807, 2.05) is 36.4 Å². The Morgan fingerprint density at radius 3 is 2.08 bits per heavy atom. The van der Waals surface area contributed by atoms with Crippen LogP contribution in [0.25, 0.3) is 11.1 Å². The summed E-state index contributed by atoms with van der Waals surface area (Å²) in [6.45, 7) is 8.61. The van der Waals surface area contributed by atoms with Gasteiger partial charge in [-0.2, -0.15) is 0 Å². The van der Waals surface area contributed by atoms with Crippen molar-refractivity contribution >= 4 is 11.9 Å². The summed E-state index contributed by atoms with van der Waals surface area (Å²) in [4.78, 5) is 22.9. The topological polar surface area (TPSA) is 95.9 Å². The molecule has 0 aliphatic rings. The second kappa shape index (κ2) is 12.2. The normalized spacial score (nSPS) is 11.9. The minimum absolute atomic E-state index is 0.0797. The highest BCUT2D eigenvalue weighted by Gasteiger charge is 2.18. The Bertz CT molecular complexity index is 1170. The molecule has 6 nitrogen and oxygen atoms in total. The molecule has 0 bridgehead atoms. The Balaban J connectivity index is 1.74. The molecule has 0 spiro atoms. The first kappa shape index (κ1) is 26.8. The number of hydrogen-bond acceptors (Lipinski definition) is 4. The highest BCUT2D eigenvalue weighted by Crippen LogP contribution is 2.36. The van der Waals surface area contributed by atoms with Crippen LogP contribution in [0.5, 0.6) is 11.5 Å². The zero-order valence-corrected chi connectivity index (χ0v) is 21.3. The van der Waals surface area contributed by atoms with Gasteiger partial charge < -0.3 is 20.3 Å². The molecular formula is C30H35NO5. The van der Waals surface area contributed by atoms with Gasteiger partial charge in [0.15, 0.2) is 0 Å². The van der Waals surface area contributed by atoms with E-state index in [0.29, 0.717) is 23.1 Å². The van der Waals surface area contributed by atoms with Crippen molar-refractivity contribution in [2.75, 3.05) is 6.54 Å². The molecule has 0 aliphatic carbocycles. The molecule has 36 heavy (non-hydrogen) atoms. The van der Waals surface area contributed by atoms with Crippen LogP contribution in [0, 0.1) is 5.92 Å². The summed E-state index contributed by atoms with van der Waals surface area (Å²) in [5.41, 5.74) is 4.31. The largest absolute Gasteiger partial charge is 0.507 e. The number of aromatic hydroxyl groups is 1. The summed E-state index contributed by atoms with van der Waals surface area (Å²) in [6.07, 6.45) is 0.372. The molecule has 0 aromatic heterocycles. The van der Waals surface area contributed by atoms with Crippen LogP contribution in [0.2, 0.25) is 0 Å². The second-order valence-electron chi connectivity index (χ2n) is 9.71. The van der Waals surface area contributed by atoms with Crippen molar-refractivity contribution in [3.05, 3.63) is 83.4 Å². The van der Waals surface area contributed by atoms with Gasteiger partial charge in [0.1, 0.15) is 17.6 Å². The maximum Gasteiger partial charge on any atom is 0.305 e. The Kier molecular flexibility index (Phi) is 9.12. The van der Waals surface area contributed by atoms with E-state index in [-0.39, 0.29) is 30.7 Å². The lowest BCUT2D eigenvalue weighted by Gasteiger charge is -2.22. The van der Waals surface area contributed by atoms with Gasteiger partial charge >= 0.3 is 5.97 Å². The van der Waals surface area contributed by atoms with Crippen molar-refractivity contribution in [1.82, 2.24) is 5.32 Å². The number of carbonyl (C=O) groups excluding carboxylic acids is 1. The maximum atomic E-state index is 12.3. The Labute approximate surface area is 212 Å². The van der Waals surface area contributed by atoms with Crippen molar-refractivity contribution in [3.63, 3.8) is 0 Å². The SMILES string of the molecule is CC(C)CC(Oc1ccc(-c2ccc(C(C)C)cc2)c(O)c1)c1ccc(C(=O)NCCC(=O)O)cc1. The first-order valence-electron chi connectivity index (χ1n) is 12.3. The Hall–Kier alpha value is -3.80. The van der Waals surface area contributed by atoms with E-state index < -0.39 is 5.97 Å². The van der Waals surface area contributed by atoms with Crippen molar-refractivity contribution in [2.45, 2.75) is 52.6 Å². The Morgan fingerprint density at radius 1 is 0.889 bits per heavy atom. The number of carbonyl (C=O) groups is 2. The molecule has 1 unspecified atom stereocenters. The smallest absolute Gasteiger partial charge is 0.305 e. The number of benzene rings is 3. The van der Waals surface area contributed by atoms with Gasteiger partial charge in [-0.25, -0.2) is 0 Å². The summed E-state index contributed by atoms with van der Waals surface area (Å²) in [5.74, 6) is 0.259. The van der Waals surface area contributed by atoms with Gasteiger partial charge in [0.2, 0.25) is 0 Å². The molecule has 0 saturated carbocycles. The summed E-state index contributed by atoms with van der Waals surface area (Å²) in [5, 5.41) is 22.1. The zero-order chi connectivity index (χ0) is 26.2. The number of phenolic OH excluding ortho intramolecular Hbond substituents is 1. The molecule has 3 N–H and O–H groups in total. The van der Waals surface area contributed by atoms with Crippen LogP contribution in [0.3, 0.4) is 0 Å². The number of phenols is 1. The van der Waals surface area contributed by atoms with Crippen LogP contribution in [-0.4, -0.2) is 28.6 Å². The third kappa shape index (κ3) is 7.35. The molecule has 0 radical (unpaired) electrons. The molecule has 0 aliphatic heterocycles. The fourth-order valence-corrected chi connectivity index (χ4v) is 3.96. The minimum Gasteiger partial charge on any atom is -0.507 e. The monoisotopic (exact) mass is 489 g/mol. The standard InChI is InChI=1S/C30H35NO5/c1-19(2)17-28(23-9-11-24(12-10-23)30(35)31-16-15-29(33)34)36-25-13-14-26(27(32)18-25)22-7-5-21(6-8-22)20(3)4/h5-14,18-20,28,32H,15-17H2,1-4H3,(H,31,35)(H,33,34). The van der Waals surface area contributed by atoms with E-state index in [2.05, 4.69) is 45.1 Å². The number of carboxylic acid groups (broad SMARTS) is 1. The first-order chi connectivity index (χ1) is 17.1. The maximum absolute atomic E-state index is 12.3. The van der Waals surface area contributed by atoms with Crippen LogP contribution in [0.1, 0.15) is 74.0 Å². The van der Waals surface area contributed by atoms with Gasteiger partial charge in [-0.15, -0.1) is 0 Å². The summed E-state index contributed by atoms with van der Waals surface area (Å²) >= 11 is 0. The molecule has 0 heterocycles. The molecule has 0 saturated heterocycles. The van der Waals surface area contributed by atoms with E-state index in [1.54, 1.807) is 18.2 Å². The van der Waals surface area contributed by atoms with E-state index in [0.717, 1.165) is 23.1 Å². The average Bonchev–Trinajstić information content (AvgIpc) is 2.83. The number of hydrogen-bond donors (Lipinski definition) is 3. The summed E-state index contributed by atoms with van der Waals surface area (Å²) in [6, 6.07) is 20.7. The van der Waals surface area contributed by atoms with Crippen LogP contribution in [0.15, 0.2) is 66.7 Å². The summed E-state index contributed by atoms with van der Waals surface area (Å²) < 4.78 is 6.30. The van der Waals surface area contributed by atoms with E-state index in [9.17, 15) is 14.7 Å². The van der Waals surface area contributed by atoms with Gasteiger partial charge in [0.05, 0.1) is 6.42 Å². The third-order valence-electron chi connectivity index (χ3n) is 5.99. The number of amides is 1. The minimum atomic E-state index is -0.956. The predicted octanol–water partition coefficient (Wildman–Crippen LogP) is 6.55. The highest BCUT2D eigenvalue weighted by molar-refractivity contribution is 5.94. The summed E-state index contributed by atoms with van der Waals surface area (Å²) in [7, 11) is 0. The quantitative estimate of drug-likeness (QED) is 0.284. The average molecular weight is 490 g/mol. The van der Waals surface area contributed by atoms with Gasteiger partial charge in [-0.3, -0.25) is 9.59 Å². The fourth-order valence-electron chi connectivity index (χ4n) is 3.96. The molecular weight excluding hydrogens is 454 g/mol. The zero-order valence-electron chi connectivity index (χ0n) is 21.3. The lowest BCUT2D eigenvalue weighted by atomic mass is 9.97. The number of ether oxygens (including phenoxy) is 1. The van der Waals surface area contributed by atoms with Crippen molar-refractivity contribution in [2.24, 2.45) is 5.92 Å². The molecule has 3 aromatic carbocycles. The van der Waals surface area contributed by atoms with Gasteiger partial charge in [-0.1, -0.05) is 64.1 Å². The van der Waals surface area contributed by atoms with Crippen LogP contribution in [0.4, 0.5) is 0 Å².